The van der Waals surface area contributed by atoms with Crippen LogP contribution in [-0.4, -0.2) is 13.2 Å². The molecule has 0 saturated carbocycles. The van der Waals surface area contributed by atoms with Crippen LogP contribution in [0, 0.1) is 0 Å². The standard InChI is InChI=1S/C12H14ClF2NO/c1-8(2)6-16-7-9-5-10(13)3-4-11(9)17-12(14)15/h3-5,12,16H,1,6-7H2,2H3. The van der Waals surface area contributed by atoms with Crippen LogP contribution in [0.5, 0.6) is 5.75 Å². The van der Waals surface area contributed by atoms with E-state index in [4.69, 9.17) is 11.6 Å². The van der Waals surface area contributed by atoms with Gasteiger partial charge in [0.2, 0.25) is 0 Å². The minimum atomic E-state index is -2.84. The van der Waals surface area contributed by atoms with Gasteiger partial charge in [0.25, 0.3) is 0 Å². The van der Waals surface area contributed by atoms with E-state index in [2.05, 4.69) is 16.6 Å². The van der Waals surface area contributed by atoms with Gasteiger partial charge in [-0.1, -0.05) is 23.8 Å². The highest BCUT2D eigenvalue weighted by molar-refractivity contribution is 6.30. The molecule has 0 aliphatic heterocycles. The Labute approximate surface area is 104 Å². The average Bonchev–Trinajstić information content (AvgIpc) is 2.21. The number of hydrogen-bond donors (Lipinski definition) is 1. The lowest BCUT2D eigenvalue weighted by Crippen LogP contribution is -2.16. The molecule has 0 amide bonds. The number of benzene rings is 1. The van der Waals surface area contributed by atoms with Crippen molar-refractivity contribution in [2.45, 2.75) is 20.1 Å². The maximum Gasteiger partial charge on any atom is 0.387 e. The molecular weight excluding hydrogens is 248 g/mol. The van der Waals surface area contributed by atoms with Crippen LogP contribution in [0.1, 0.15) is 12.5 Å². The smallest absolute Gasteiger partial charge is 0.387 e. The SMILES string of the molecule is C=C(C)CNCc1cc(Cl)ccc1OC(F)F. The van der Waals surface area contributed by atoms with E-state index in [-0.39, 0.29) is 5.75 Å². The number of rotatable bonds is 6. The first-order valence-corrected chi connectivity index (χ1v) is 5.45. The Kier molecular flexibility index (Phi) is 5.38. The number of halogens is 3. The minimum Gasteiger partial charge on any atom is -0.434 e. The Balaban J connectivity index is 2.72. The molecule has 0 atom stereocenters. The van der Waals surface area contributed by atoms with Crippen LogP contribution in [0.15, 0.2) is 30.4 Å². The van der Waals surface area contributed by atoms with E-state index in [0.29, 0.717) is 23.7 Å². The number of ether oxygens (including phenoxy) is 1. The molecule has 0 fully saturated rings. The van der Waals surface area contributed by atoms with Gasteiger partial charge < -0.3 is 10.1 Å². The molecule has 94 valence electrons. The van der Waals surface area contributed by atoms with E-state index < -0.39 is 6.61 Å². The molecule has 1 aromatic carbocycles. The molecule has 0 aromatic heterocycles. The van der Waals surface area contributed by atoms with Crippen molar-refractivity contribution < 1.29 is 13.5 Å². The fourth-order valence-corrected chi connectivity index (χ4v) is 1.50. The maximum atomic E-state index is 12.2. The van der Waals surface area contributed by atoms with Crippen LogP contribution in [0.25, 0.3) is 0 Å². The van der Waals surface area contributed by atoms with Crippen LogP contribution < -0.4 is 10.1 Å². The Morgan fingerprint density at radius 1 is 1.53 bits per heavy atom. The highest BCUT2D eigenvalue weighted by Gasteiger charge is 2.09. The fraction of sp³-hybridized carbons (Fsp3) is 0.333. The van der Waals surface area contributed by atoms with E-state index >= 15 is 0 Å². The van der Waals surface area contributed by atoms with Gasteiger partial charge in [0, 0.05) is 23.7 Å². The second-order valence-electron chi connectivity index (χ2n) is 3.69. The monoisotopic (exact) mass is 261 g/mol. The third kappa shape index (κ3) is 5.15. The van der Waals surface area contributed by atoms with Crippen molar-refractivity contribution in [3.8, 4) is 5.75 Å². The molecule has 0 saturated heterocycles. The number of nitrogens with one attached hydrogen (secondary N) is 1. The van der Waals surface area contributed by atoms with Crippen molar-refractivity contribution in [1.29, 1.82) is 0 Å². The predicted octanol–water partition coefficient (Wildman–Crippen LogP) is 3.61. The molecule has 0 aliphatic carbocycles. The number of alkyl halides is 2. The fourth-order valence-electron chi connectivity index (χ4n) is 1.31. The molecule has 0 radical (unpaired) electrons. The van der Waals surface area contributed by atoms with Gasteiger partial charge in [0.05, 0.1) is 0 Å². The summed E-state index contributed by atoms with van der Waals surface area (Å²) in [6, 6.07) is 4.55. The lowest BCUT2D eigenvalue weighted by molar-refractivity contribution is -0.0504. The molecule has 17 heavy (non-hydrogen) atoms. The van der Waals surface area contributed by atoms with Crippen LogP contribution in [0.2, 0.25) is 5.02 Å². The highest BCUT2D eigenvalue weighted by Crippen LogP contribution is 2.24. The molecule has 2 nitrogen and oxygen atoms in total. The molecule has 0 bridgehead atoms. The van der Waals surface area contributed by atoms with Crippen LogP contribution in [-0.2, 0) is 6.54 Å². The maximum absolute atomic E-state index is 12.2. The Bertz CT molecular complexity index is 396. The number of hydrogen-bond acceptors (Lipinski definition) is 2. The first kappa shape index (κ1) is 13.9. The lowest BCUT2D eigenvalue weighted by Gasteiger charge is -2.12. The third-order valence-electron chi connectivity index (χ3n) is 1.98. The second-order valence-corrected chi connectivity index (χ2v) is 4.13. The first-order valence-electron chi connectivity index (χ1n) is 5.07. The topological polar surface area (TPSA) is 21.3 Å². The average molecular weight is 262 g/mol. The van der Waals surface area contributed by atoms with Crippen LogP contribution >= 0.6 is 11.6 Å². The van der Waals surface area contributed by atoms with Crippen molar-refractivity contribution in [1.82, 2.24) is 5.32 Å². The summed E-state index contributed by atoms with van der Waals surface area (Å²) < 4.78 is 28.7. The van der Waals surface area contributed by atoms with Gasteiger partial charge in [-0.25, -0.2) is 0 Å². The summed E-state index contributed by atoms with van der Waals surface area (Å²) >= 11 is 5.81. The van der Waals surface area contributed by atoms with Gasteiger partial charge in [-0.2, -0.15) is 8.78 Å². The van der Waals surface area contributed by atoms with Gasteiger partial charge in [0.15, 0.2) is 0 Å². The zero-order valence-electron chi connectivity index (χ0n) is 9.47. The minimum absolute atomic E-state index is 0.138. The predicted molar refractivity (Wildman–Crippen MR) is 64.6 cm³/mol. The molecule has 1 N–H and O–H groups in total. The van der Waals surface area contributed by atoms with Crippen molar-refractivity contribution in [2.75, 3.05) is 6.54 Å². The van der Waals surface area contributed by atoms with Crippen LogP contribution in [0.3, 0.4) is 0 Å². The largest absolute Gasteiger partial charge is 0.434 e. The Morgan fingerprint density at radius 2 is 2.24 bits per heavy atom. The van der Waals surface area contributed by atoms with E-state index in [1.54, 1.807) is 6.07 Å². The van der Waals surface area contributed by atoms with Gasteiger partial charge in [-0.05, 0) is 25.1 Å². The van der Waals surface area contributed by atoms with Gasteiger partial charge >= 0.3 is 6.61 Å². The van der Waals surface area contributed by atoms with Gasteiger partial charge in [-0.15, -0.1) is 0 Å². The zero-order chi connectivity index (χ0) is 12.8. The van der Waals surface area contributed by atoms with E-state index in [1.165, 1.54) is 12.1 Å². The van der Waals surface area contributed by atoms with E-state index in [9.17, 15) is 8.78 Å². The van der Waals surface area contributed by atoms with Crippen molar-refractivity contribution in [3.05, 3.63) is 40.9 Å². The molecule has 1 rings (SSSR count). The molecular formula is C12H14ClF2NO. The molecule has 5 heteroatoms. The van der Waals surface area contributed by atoms with E-state index in [1.807, 2.05) is 6.92 Å². The van der Waals surface area contributed by atoms with Crippen molar-refractivity contribution in [2.24, 2.45) is 0 Å². The molecule has 0 heterocycles. The summed E-state index contributed by atoms with van der Waals surface area (Å²) in [6.07, 6.45) is 0. The molecule has 0 aliphatic rings. The zero-order valence-corrected chi connectivity index (χ0v) is 10.2. The molecule has 0 unspecified atom stereocenters. The Morgan fingerprint density at radius 3 is 2.82 bits per heavy atom. The summed E-state index contributed by atoms with van der Waals surface area (Å²) in [5.41, 5.74) is 1.56. The first-order chi connectivity index (χ1) is 7.99. The summed E-state index contributed by atoms with van der Waals surface area (Å²) in [7, 11) is 0. The molecule has 1 aromatic rings. The summed E-state index contributed by atoms with van der Waals surface area (Å²) in [5, 5.41) is 3.54. The van der Waals surface area contributed by atoms with Gasteiger partial charge in [-0.3, -0.25) is 0 Å². The second kappa shape index (κ2) is 6.57. The summed E-state index contributed by atoms with van der Waals surface area (Å²) in [5.74, 6) is 0.138. The summed E-state index contributed by atoms with van der Waals surface area (Å²) in [4.78, 5) is 0. The van der Waals surface area contributed by atoms with E-state index in [0.717, 1.165) is 5.57 Å². The third-order valence-corrected chi connectivity index (χ3v) is 2.22. The quantitative estimate of drug-likeness (QED) is 0.790. The molecule has 0 spiro atoms. The lowest BCUT2D eigenvalue weighted by atomic mass is 10.2. The van der Waals surface area contributed by atoms with Gasteiger partial charge in [0.1, 0.15) is 5.75 Å². The van der Waals surface area contributed by atoms with Crippen molar-refractivity contribution in [3.63, 3.8) is 0 Å². The Hall–Kier alpha value is -1.13. The van der Waals surface area contributed by atoms with Crippen LogP contribution in [0.4, 0.5) is 8.78 Å². The normalized spacial score (nSPS) is 10.6. The van der Waals surface area contributed by atoms with Crippen molar-refractivity contribution >= 4 is 11.6 Å². The highest BCUT2D eigenvalue weighted by atomic mass is 35.5. The summed E-state index contributed by atoms with van der Waals surface area (Å²) in [6.45, 7) is 3.78.